The van der Waals surface area contributed by atoms with Crippen molar-refractivity contribution < 1.29 is 5.11 Å². The van der Waals surface area contributed by atoms with Crippen LogP contribution in [-0.4, -0.2) is 27.7 Å². The molecule has 2 N–H and O–H groups in total. The molecule has 5 heteroatoms. The zero-order valence-corrected chi connectivity index (χ0v) is 12.0. The smallest absolute Gasteiger partial charge is 0.137 e. The third-order valence-corrected chi connectivity index (χ3v) is 4.56. The zero-order valence-electron chi connectivity index (χ0n) is 11.2. The number of halogens is 1. The first kappa shape index (κ1) is 13.1. The van der Waals surface area contributed by atoms with Gasteiger partial charge < -0.3 is 10.4 Å². The number of nitrogens with one attached hydrogen (secondary N) is 1. The molecule has 1 aromatic heterocycles. The molecule has 2 aliphatic carbocycles. The Bertz CT molecular complexity index is 476. The van der Waals surface area contributed by atoms with Gasteiger partial charge in [-0.25, -0.2) is 9.97 Å². The molecule has 19 heavy (non-hydrogen) atoms. The van der Waals surface area contributed by atoms with Gasteiger partial charge in [0.25, 0.3) is 0 Å². The highest BCUT2D eigenvalue weighted by atomic mass is 35.5. The molecule has 2 saturated carbocycles. The minimum absolute atomic E-state index is 0.173. The summed E-state index contributed by atoms with van der Waals surface area (Å²) in [5.74, 6) is 2.53. The van der Waals surface area contributed by atoms with Gasteiger partial charge in [0.15, 0.2) is 0 Å². The first-order chi connectivity index (χ1) is 9.15. The molecule has 2 fully saturated rings. The van der Waals surface area contributed by atoms with Crippen molar-refractivity contribution in [2.45, 2.75) is 51.0 Å². The predicted molar refractivity (Wildman–Crippen MR) is 75.6 cm³/mol. The molecule has 104 valence electrons. The molecule has 0 saturated heterocycles. The second-order valence-electron chi connectivity index (χ2n) is 5.76. The Hall–Kier alpha value is -0.870. The molecule has 2 unspecified atom stereocenters. The van der Waals surface area contributed by atoms with Gasteiger partial charge in [0.2, 0.25) is 0 Å². The summed E-state index contributed by atoms with van der Waals surface area (Å²) < 4.78 is 0. The summed E-state index contributed by atoms with van der Waals surface area (Å²) in [5, 5.41) is 13.7. The molecule has 2 atom stereocenters. The normalized spacial score (nSPS) is 26.7. The number of aliphatic hydroxyl groups excluding tert-OH is 1. The van der Waals surface area contributed by atoms with Gasteiger partial charge >= 0.3 is 0 Å². The molecule has 0 aromatic carbocycles. The Kier molecular flexibility index (Phi) is 3.63. The summed E-state index contributed by atoms with van der Waals surface area (Å²) in [5.41, 5.74) is 0.901. The molecule has 1 aromatic rings. The molecule has 0 aliphatic heterocycles. The van der Waals surface area contributed by atoms with Crippen molar-refractivity contribution in [3.63, 3.8) is 0 Å². The number of anilines is 1. The maximum atomic E-state index is 9.84. The van der Waals surface area contributed by atoms with Crippen molar-refractivity contribution in [1.29, 1.82) is 0 Å². The second-order valence-corrected chi connectivity index (χ2v) is 6.12. The van der Waals surface area contributed by atoms with Crippen LogP contribution in [0.25, 0.3) is 0 Å². The lowest BCUT2D eigenvalue weighted by Gasteiger charge is -2.17. The number of nitrogens with zero attached hydrogens (tertiary/aromatic N) is 2. The maximum absolute atomic E-state index is 9.84. The molecule has 0 amide bonds. The summed E-state index contributed by atoms with van der Waals surface area (Å²) in [6.07, 6.45) is 5.28. The van der Waals surface area contributed by atoms with Crippen LogP contribution in [0.15, 0.2) is 0 Å². The minimum atomic E-state index is -0.173. The molecule has 3 rings (SSSR count). The number of hydrogen-bond acceptors (Lipinski definition) is 4. The number of rotatable bonds is 4. The van der Waals surface area contributed by atoms with Gasteiger partial charge in [-0.1, -0.05) is 18.0 Å². The van der Waals surface area contributed by atoms with Crippen molar-refractivity contribution in [3.8, 4) is 0 Å². The molecular formula is C14H20ClN3O. The highest BCUT2D eigenvalue weighted by Crippen LogP contribution is 2.39. The highest BCUT2D eigenvalue weighted by molar-refractivity contribution is 6.30. The highest BCUT2D eigenvalue weighted by Gasteiger charge is 2.29. The van der Waals surface area contributed by atoms with E-state index in [4.69, 9.17) is 11.6 Å². The quantitative estimate of drug-likeness (QED) is 0.833. The van der Waals surface area contributed by atoms with Crippen molar-refractivity contribution in [1.82, 2.24) is 9.97 Å². The first-order valence-electron chi connectivity index (χ1n) is 7.11. The standard InChI is InChI=1S/C14H20ClN3O/c1-8-12(15)17-14(9-5-6-9)18-13(8)16-7-10-3-2-4-11(10)19/h9-11,19H,2-7H2,1H3,(H,16,17,18). The summed E-state index contributed by atoms with van der Waals surface area (Å²) in [4.78, 5) is 8.95. The van der Waals surface area contributed by atoms with Gasteiger partial charge in [0.1, 0.15) is 16.8 Å². The fraction of sp³-hybridized carbons (Fsp3) is 0.714. The molecule has 0 spiro atoms. The summed E-state index contributed by atoms with van der Waals surface area (Å²) in [6, 6.07) is 0. The van der Waals surface area contributed by atoms with Gasteiger partial charge in [0, 0.05) is 23.9 Å². The average molecular weight is 282 g/mol. The van der Waals surface area contributed by atoms with E-state index in [0.717, 1.165) is 43.0 Å². The third kappa shape index (κ3) is 2.84. The van der Waals surface area contributed by atoms with Crippen LogP contribution in [0.2, 0.25) is 5.15 Å². The van der Waals surface area contributed by atoms with Gasteiger partial charge in [0.05, 0.1) is 6.10 Å². The Morgan fingerprint density at radius 2 is 2.05 bits per heavy atom. The van der Waals surface area contributed by atoms with E-state index in [9.17, 15) is 5.11 Å². The maximum Gasteiger partial charge on any atom is 0.137 e. The van der Waals surface area contributed by atoms with Crippen LogP contribution in [0.5, 0.6) is 0 Å². The minimum Gasteiger partial charge on any atom is -0.393 e. The van der Waals surface area contributed by atoms with Crippen LogP contribution < -0.4 is 5.32 Å². The van der Waals surface area contributed by atoms with Crippen LogP contribution in [0, 0.1) is 12.8 Å². The van der Waals surface area contributed by atoms with E-state index in [0.29, 0.717) is 17.0 Å². The van der Waals surface area contributed by atoms with Gasteiger partial charge in [-0.15, -0.1) is 0 Å². The summed E-state index contributed by atoms with van der Waals surface area (Å²) >= 11 is 6.17. The van der Waals surface area contributed by atoms with Crippen molar-refractivity contribution >= 4 is 17.4 Å². The van der Waals surface area contributed by atoms with E-state index in [1.807, 2.05) is 6.92 Å². The van der Waals surface area contributed by atoms with Gasteiger partial charge in [-0.3, -0.25) is 0 Å². The Morgan fingerprint density at radius 3 is 2.68 bits per heavy atom. The van der Waals surface area contributed by atoms with E-state index < -0.39 is 0 Å². The molecular weight excluding hydrogens is 262 g/mol. The van der Waals surface area contributed by atoms with Crippen LogP contribution >= 0.6 is 11.6 Å². The van der Waals surface area contributed by atoms with Crippen molar-refractivity contribution in [3.05, 3.63) is 16.5 Å². The van der Waals surface area contributed by atoms with E-state index in [1.54, 1.807) is 0 Å². The van der Waals surface area contributed by atoms with Crippen LogP contribution in [-0.2, 0) is 0 Å². The largest absolute Gasteiger partial charge is 0.393 e. The van der Waals surface area contributed by atoms with Gasteiger partial charge in [-0.05, 0) is 32.6 Å². The van der Waals surface area contributed by atoms with Crippen LogP contribution in [0.1, 0.15) is 49.4 Å². The summed E-state index contributed by atoms with van der Waals surface area (Å²) in [6.45, 7) is 2.70. The SMILES string of the molecule is Cc1c(Cl)nc(C2CC2)nc1NCC1CCCC1O. The Labute approximate surface area is 118 Å². The number of hydrogen-bond donors (Lipinski definition) is 2. The molecule has 4 nitrogen and oxygen atoms in total. The van der Waals surface area contributed by atoms with Crippen LogP contribution in [0.3, 0.4) is 0 Å². The number of aliphatic hydroxyl groups is 1. The molecule has 0 radical (unpaired) electrons. The van der Waals surface area contributed by atoms with Gasteiger partial charge in [-0.2, -0.15) is 0 Å². The Balaban J connectivity index is 1.72. The molecule has 0 bridgehead atoms. The lowest BCUT2D eigenvalue weighted by molar-refractivity contribution is 0.138. The number of aromatic nitrogens is 2. The van der Waals surface area contributed by atoms with E-state index in [1.165, 1.54) is 12.8 Å². The lowest BCUT2D eigenvalue weighted by Crippen LogP contribution is -2.23. The third-order valence-electron chi connectivity index (χ3n) is 4.20. The van der Waals surface area contributed by atoms with E-state index >= 15 is 0 Å². The zero-order chi connectivity index (χ0) is 13.4. The second kappa shape index (κ2) is 5.25. The fourth-order valence-corrected chi connectivity index (χ4v) is 2.86. The fourth-order valence-electron chi connectivity index (χ4n) is 2.68. The van der Waals surface area contributed by atoms with Crippen LogP contribution in [0.4, 0.5) is 5.82 Å². The van der Waals surface area contributed by atoms with Crippen molar-refractivity contribution in [2.24, 2.45) is 5.92 Å². The summed E-state index contributed by atoms with van der Waals surface area (Å²) in [7, 11) is 0. The first-order valence-corrected chi connectivity index (χ1v) is 7.49. The van der Waals surface area contributed by atoms with E-state index in [2.05, 4.69) is 15.3 Å². The average Bonchev–Trinajstić information content (AvgIpc) is 3.15. The lowest BCUT2D eigenvalue weighted by atomic mass is 10.1. The molecule has 2 aliphatic rings. The predicted octanol–water partition coefficient (Wildman–Crippen LogP) is 2.89. The Morgan fingerprint density at radius 1 is 1.26 bits per heavy atom. The van der Waals surface area contributed by atoms with E-state index in [-0.39, 0.29) is 6.10 Å². The topological polar surface area (TPSA) is 58.0 Å². The monoisotopic (exact) mass is 281 g/mol. The van der Waals surface area contributed by atoms with Crippen molar-refractivity contribution in [2.75, 3.05) is 11.9 Å². The molecule has 1 heterocycles.